The summed E-state index contributed by atoms with van der Waals surface area (Å²) < 4.78 is 11.5. The third kappa shape index (κ3) is 5.37. The first kappa shape index (κ1) is 21.2. The predicted octanol–water partition coefficient (Wildman–Crippen LogP) is 5.28. The molecule has 1 aliphatic heterocycles. The van der Waals surface area contributed by atoms with Gasteiger partial charge in [-0.3, -0.25) is 10.1 Å². The number of ether oxygens (including phenoxy) is 2. The number of fused-ring (bicyclic) bond motifs is 1. The van der Waals surface area contributed by atoms with Gasteiger partial charge in [-0.05, 0) is 42.3 Å². The fourth-order valence-electron chi connectivity index (χ4n) is 3.46. The minimum atomic E-state index is -0.530. The van der Waals surface area contributed by atoms with E-state index in [0.29, 0.717) is 36.3 Å². The molecular formula is C25H25ClN2O3. The molecule has 1 unspecified atom stereocenters. The zero-order valence-corrected chi connectivity index (χ0v) is 18.1. The van der Waals surface area contributed by atoms with Crippen LogP contribution in [0.25, 0.3) is 0 Å². The van der Waals surface area contributed by atoms with E-state index in [9.17, 15) is 4.79 Å². The highest BCUT2D eigenvalue weighted by Gasteiger charge is 2.21. The first-order valence-corrected chi connectivity index (χ1v) is 10.7. The van der Waals surface area contributed by atoms with Gasteiger partial charge in [0.15, 0.2) is 11.5 Å². The predicted molar refractivity (Wildman–Crippen MR) is 123 cm³/mol. The zero-order chi connectivity index (χ0) is 21.6. The lowest BCUT2D eigenvalue weighted by Crippen LogP contribution is -2.32. The maximum Gasteiger partial charge on any atom is 0.246 e. The van der Waals surface area contributed by atoms with Gasteiger partial charge in [-0.2, -0.15) is 0 Å². The van der Waals surface area contributed by atoms with Gasteiger partial charge < -0.3 is 14.8 Å². The van der Waals surface area contributed by atoms with E-state index in [1.165, 1.54) is 0 Å². The molecular weight excluding hydrogens is 412 g/mol. The van der Waals surface area contributed by atoms with E-state index in [0.717, 1.165) is 28.8 Å². The van der Waals surface area contributed by atoms with Gasteiger partial charge in [-0.25, -0.2) is 0 Å². The average Bonchev–Trinajstić information content (AvgIpc) is 3.02. The Hall–Kier alpha value is -3.02. The molecule has 0 fully saturated rings. The van der Waals surface area contributed by atoms with E-state index in [-0.39, 0.29) is 5.91 Å². The summed E-state index contributed by atoms with van der Waals surface area (Å²) in [5, 5.41) is 6.88. The summed E-state index contributed by atoms with van der Waals surface area (Å²) in [4.78, 5) is 13.1. The monoisotopic (exact) mass is 436 g/mol. The number of rotatable bonds is 6. The SMILES string of the molecule is Cc1ccc(NC(=O)C(NCc2cc(Cl)c3c(c2)OCCCO3)c2ccccc2)cc1. The smallest absolute Gasteiger partial charge is 0.246 e. The van der Waals surface area contributed by atoms with Gasteiger partial charge >= 0.3 is 0 Å². The molecule has 160 valence electrons. The molecule has 1 atom stereocenters. The summed E-state index contributed by atoms with van der Waals surface area (Å²) >= 11 is 6.42. The van der Waals surface area contributed by atoms with Crippen LogP contribution < -0.4 is 20.1 Å². The molecule has 1 heterocycles. The van der Waals surface area contributed by atoms with Crippen molar-refractivity contribution in [2.24, 2.45) is 0 Å². The van der Waals surface area contributed by atoms with E-state index in [2.05, 4.69) is 10.6 Å². The largest absolute Gasteiger partial charge is 0.489 e. The second-order valence-electron chi connectivity index (χ2n) is 7.54. The van der Waals surface area contributed by atoms with Crippen molar-refractivity contribution in [3.63, 3.8) is 0 Å². The summed E-state index contributed by atoms with van der Waals surface area (Å²) in [5.74, 6) is 1.09. The van der Waals surface area contributed by atoms with Crippen LogP contribution in [0.4, 0.5) is 5.69 Å². The number of hydrogen-bond acceptors (Lipinski definition) is 4. The molecule has 1 aliphatic rings. The lowest BCUT2D eigenvalue weighted by atomic mass is 10.1. The maximum absolute atomic E-state index is 13.1. The molecule has 0 bridgehead atoms. The van der Waals surface area contributed by atoms with Crippen LogP contribution in [0.2, 0.25) is 5.02 Å². The Morgan fingerprint density at radius 1 is 1.03 bits per heavy atom. The normalized spacial score (nSPS) is 13.9. The highest BCUT2D eigenvalue weighted by molar-refractivity contribution is 6.32. The van der Waals surface area contributed by atoms with Crippen molar-refractivity contribution < 1.29 is 14.3 Å². The molecule has 0 saturated carbocycles. The third-order valence-corrected chi connectivity index (χ3v) is 5.37. The molecule has 0 aromatic heterocycles. The van der Waals surface area contributed by atoms with Crippen LogP contribution in [-0.2, 0) is 11.3 Å². The van der Waals surface area contributed by atoms with Gasteiger partial charge in [0.05, 0.1) is 18.2 Å². The molecule has 1 amide bonds. The van der Waals surface area contributed by atoms with Crippen molar-refractivity contribution >= 4 is 23.2 Å². The topological polar surface area (TPSA) is 59.6 Å². The van der Waals surface area contributed by atoms with Crippen molar-refractivity contribution in [1.82, 2.24) is 5.32 Å². The zero-order valence-electron chi connectivity index (χ0n) is 17.4. The van der Waals surface area contributed by atoms with Gasteiger partial charge in [0.25, 0.3) is 0 Å². The highest BCUT2D eigenvalue weighted by Crippen LogP contribution is 2.38. The molecule has 3 aromatic carbocycles. The van der Waals surface area contributed by atoms with E-state index < -0.39 is 6.04 Å². The lowest BCUT2D eigenvalue weighted by molar-refractivity contribution is -0.118. The quantitative estimate of drug-likeness (QED) is 0.552. The highest BCUT2D eigenvalue weighted by atomic mass is 35.5. The molecule has 2 N–H and O–H groups in total. The first-order chi connectivity index (χ1) is 15.1. The Bertz CT molecular complexity index is 1040. The Balaban J connectivity index is 1.53. The van der Waals surface area contributed by atoms with Crippen LogP contribution in [-0.4, -0.2) is 19.1 Å². The van der Waals surface area contributed by atoms with Crippen molar-refractivity contribution in [3.8, 4) is 11.5 Å². The fourth-order valence-corrected chi connectivity index (χ4v) is 3.75. The molecule has 3 aromatic rings. The molecule has 0 aliphatic carbocycles. The van der Waals surface area contributed by atoms with Gasteiger partial charge in [0, 0.05) is 18.7 Å². The molecule has 4 rings (SSSR count). The standard InChI is InChI=1S/C25H25ClN2O3/c1-17-8-10-20(11-9-17)28-25(29)23(19-6-3-2-4-7-19)27-16-18-14-21(26)24-22(15-18)30-12-5-13-31-24/h2-4,6-11,14-15,23,27H,5,12-13,16H2,1H3,(H,28,29). The number of nitrogens with one attached hydrogen (secondary N) is 2. The number of aryl methyl sites for hydroxylation is 1. The molecule has 0 radical (unpaired) electrons. The minimum Gasteiger partial charge on any atom is -0.489 e. The van der Waals surface area contributed by atoms with Gasteiger partial charge in [-0.1, -0.05) is 59.6 Å². The van der Waals surface area contributed by atoms with Crippen LogP contribution in [0, 0.1) is 6.92 Å². The van der Waals surface area contributed by atoms with Crippen LogP contribution in [0.1, 0.15) is 29.2 Å². The van der Waals surface area contributed by atoms with Gasteiger partial charge in [0.2, 0.25) is 5.91 Å². The third-order valence-electron chi connectivity index (χ3n) is 5.09. The van der Waals surface area contributed by atoms with Gasteiger partial charge in [-0.15, -0.1) is 0 Å². The summed E-state index contributed by atoms with van der Waals surface area (Å²) in [6.45, 7) is 3.63. The van der Waals surface area contributed by atoms with Crippen LogP contribution in [0.3, 0.4) is 0 Å². The van der Waals surface area contributed by atoms with E-state index >= 15 is 0 Å². The van der Waals surface area contributed by atoms with E-state index in [4.69, 9.17) is 21.1 Å². The number of benzene rings is 3. The fraction of sp³-hybridized carbons (Fsp3) is 0.240. The second kappa shape index (κ2) is 9.86. The Morgan fingerprint density at radius 2 is 1.77 bits per heavy atom. The van der Waals surface area contributed by atoms with Gasteiger partial charge in [0.1, 0.15) is 6.04 Å². The molecule has 31 heavy (non-hydrogen) atoms. The van der Waals surface area contributed by atoms with E-state index in [1.807, 2.05) is 73.7 Å². The van der Waals surface area contributed by atoms with Crippen molar-refractivity contribution in [2.75, 3.05) is 18.5 Å². The molecule has 6 heteroatoms. The summed E-state index contributed by atoms with van der Waals surface area (Å²) in [6, 6.07) is 20.6. The minimum absolute atomic E-state index is 0.129. The first-order valence-electron chi connectivity index (χ1n) is 10.3. The van der Waals surface area contributed by atoms with Crippen molar-refractivity contribution in [1.29, 1.82) is 0 Å². The van der Waals surface area contributed by atoms with Crippen molar-refractivity contribution in [2.45, 2.75) is 25.9 Å². The van der Waals surface area contributed by atoms with Crippen molar-refractivity contribution in [3.05, 3.63) is 88.4 Å². The molecule has 0 saturated heterocycles. The molecule has 0 spiro atoms. The molecule has 5 nitrogen and oxygen atoms in total. The Kier molecular flexibility index (Phi) is 6.75. The number of hydrogen-bond donors (Lipinski definition) is 2. The number of carbonyl (C=O) groups excluding carboxylic acids is 1. The number of anilines is 1. The lowest BCUT2D eigenvalue weighted by Gasteiger charge is -2.20. The van der Waals surface area contributed by atoms with E-state index in [1.54, 1.807) is 0 Å². The average molecular weight is 437 g/mol. The van der Waals surface area contributed by atoms with Crippen LogP contribution >= 0.6 is 11.6 Å². The number of halogens is 1. The maximum atomic E-state index is 13.1. The number of carbonyl (C=O) groups is 1. The Labute approximate surface area is 187 Å². The summed E-state index contributed by atoms with van der Waals surface area (Å²) in [5.41, 5.74) is 3.70. The number of amides is 1. The Morgan fingerprint density at radius 3 is 2.55 bits per heavy atom. The summed E-state index contributed by atoms with van der Waals surface area (Å²) in [7, 11) is 0. The van der Waals surface area contributed by atoms with Crippen LogP contribution in [0.15, 0.2) is 66.7 Å². The van der Waals surface area contributed by atoms with Crippen LogP contribution in [0.5, 0.6) is 11.5 Å². The summed E-state index contributed by atoms with van der Waals surface area (Å²) in [6.07, 6.45) is 0.813. The second-order valence-corrected chi connectivity index (χ2v) is 7.94.